The summed E-state index contributed by atoms with van der Waals surface area (Å²) >= 11 is 6.72. The molecule has 13 heteroatoms. The van der Waals surface area contributed by atoms with Crippen LogP contribution in [0.15, 0.2) is 28.9 Å². The molecule has 0 bridgehead atoms. The SMILES string of the molecule is CNC[C@@H](O)COc1ccc(Cl)c(-c2nc(-c3c(C)noc3C)c(C)c(N3Cc4cnc(N5CC(OC)C5)nc4C3)n2)c1. The van der Waals surface area contributed by atoms with E-state index in [4.69, 9.17) is 40.5 Å². The first-order chi connectivity index (χ1) is 20.7. The Balaban J connectivity index is 1.37. The standard InChI is InChI=1S/C30H35ClN8O4/c1-16-27(26-17(2)37-43-18(26)3)35-28(23-8-21(6-7-24(23)31)42-15-20(40)10-32-4)36-29(16)38-11-19-9-33-30(34-25(19)14-38)39-12-22(13-39)41-5/h6-9,20,22,32,40H,10-15H2,1-5H3/t20-/m1/s1. The van der Waals surface area contributed by atoms with Gasteiger partial charge in [-0.3, -0.25) is 0 Å². The summed E-state index contributed by atoms with van der Waals surface area (Å²) in [7, 11) is 3.50. The highest BCUT2D eigenvalue weighted by Gasteiger charge is 2.32. The zero-order valence-corrected chi connectivity index (χ0v) is 25.6. The Labute approximate surface area is 255 Å². The third-order valence-corrected chi connectivity index (χ3v) is 8.19. The number of aliphatic hydroxyl groups excluding tert-OH is 1. The molecule has 4 aromatic rings. The molecule has 0 aliphatic carbocycles. The van der Waals surface area contributed by atoms with Gasteiger partial charge < -0.3 is 34.2 Å². The Bertz CT molecular complexity index is 1620. The molecule has 1 atom stereocenters. The number of likely N-dealkylation sites (N-methyl/N-ethyl adjacent to an activating group) is 1. The number of hydrogen-bond acceptors (Lipinski definition) is 12. The van der Waals surface area contributed by atoms with Crippen molar-refractivity contribution >= 4 is 23.4 Å². The Hall–Kier alpha value is -3.84. The fraction of sp³-hybridized carbons (Fsp3) is 0.433. The van der Waals surface area contributed by atoms with Crippen molar-refractivity contribution in [2.75, 3.05) is 50.2 Å². The summed E-state index contributed by atoms with van der Waals surface area (Å²) in [4.78, 5) is 23.9. The Morgan fingerprint density at radius 2 is 1.95 bits per heavy atom. The summed E-state index contributed by atoms with van der Waals surface area (Å²) < 4.78 is 16.8. The fourth-order valence-corrected chi connectivity index (χ4v) is 5.65. The molecule has 2 aliphatic rings. The molecule has 2 N–H and O–H groups in total. The molecule has 6 rings (SSSR count). The predicted octanol–water partition coefficient (Wildman–Crippen LogP) is 3.48. The lowest BCUT2D eigenvalue weighted by molar-refractivity contribution is 0.0778. The van der Waals surface area contributed by atoms with E-state index in [1.807, 2.05) is 27.0 Å². The number of ether oxygens (including phenoxy) is 2. The van der Waals surface area contributed by atoms with E-state index >= 15 is 0 Å². The van der Waals surface area contributed by atoms with E-state index in [2.05, 4.69) is 25.3 Å². The molecule has 3 aromatic heterocycles. The van der Waals surface area contributed by atoms with Gasteiger partial charge in [-0.2, -0.15) is 0 Å². The van der Waals surface area contributed by atoms with Crippen LogP contribution >= 0.6 is 11.6 Å². The van der Waals surface area contributed by atoms with Crippen LogP contribution in [0.5, 0.6) is 5.75 Å². The van der Waals surface area contributed by atoms with Gasteiger partial charge in [0.1, 0.15) is 30.0 Å². The number of nitrogens with one attached hydrogen (secondary N) is 1. The van der Waals surface area contributed by atoms with Crippen LogP contribution < -0.4 is 19.9 Å². The van der Waals surface area contributed by atoms with Gasteiger partial charge >= 0.3 is 0 Å². The fourth-order valence-electron chi connectivity index (χ4n) is 5.45. The third-order valence-electron chi connectivity index (χ3n) is 7.86. The van der Waals surface area contributed by atoms with Crippen molar-refractivity contribution in [3.8, 4) is 28.4 Å². The first-order valence-electron chi connectivity index (χ1n) is 14.2. The van der Waals surface area contributed by atoms with Gasteiger partial charge in [0.25, 0.3) is 0 Å². The van der Waals surface area contributed by atoms with Crippen LogP contribution in [-0.2, 0) is 17.8 Å². The van der Waals surface area contributed by atoms with Crippen LogP contribution in [0.25, 0.3) is 22.6 Å². The molecule has 2 aliphatic heterocycles. The second-order valence-corrected chi connectivity index (χ2v) is 11.4. The minimum Gasteiger partial charge on any atom is -0.491 e. The quantitative estimate of drug-likeness (QED) is 0.274. The number of methoxy groups -OCH3 is 1. The summed E-state index contributed by atoms with van der Waals surface area (Å²) in [5.41, 5.74) is 5.81. The van der Waals surface area contributed by atoms with E-state index in [1.54, 1.807) is 32.4 Å². The van der Waals surface area contributed by atoms with Crippen LogP contribution in [0.1, 0.15) is 28.3 Å². The van der Waals surface area contributed by atoms with E-state index in [1.165, 1.54) is 0 Å². The molecule has 0 unspecified atom stereocenters. The Morgan fingerprint density at radius 3 is 2.67 bits per heavy atom. The molecule has 0 amide bonds. The van der Waals surface area contributed by atoms with E-state index < -0.39 is 6.10 Å². The lowest BCUT2D eigenvalue weighted by atomic mass is 10.0. The topological polar surface area (TPSA) is 135 Å². The first kappa shape index (κ1) is 29.2. The van der Waals surface area contributed by atoms with Crippen molar-refractivity contribution in [1.82, 2.24) is 30.4 Å². The van der Waals surface area contributed by atoms with Crippen LogP contribution in [0.3, 0.4) is 0 Å². The van der Waals surface area contributed by atoms with Crippen molar-refractivity contribution in [3.05, 3.63) is 57.7 Å². The first-order valence-corrected chi connectivity index (χ1v) is 14.6. The number of nitrogens with zero attached hydrogens (tertiary/aromatic N) is 7. The highest BCUT2D eigenvalue weighted by atomic mass is 35.5. The molecule has 0 saturated carbocycles. The maximum atomic E-state index is 10.1. The number of rotatable bonds is 10. The minimum absolute atomic E-state index is 0.130. The van der Waals surface area contributed by atoms with Gasteiger partial charge in [0, 0.05) is 56.2 Å². The minimum atomic E-state index is -0.652. The zero-order valence-electron chi connectivity index (χ0n) is 24.9. The molecule has 0 radical (unpaired) electrons. The number of anilines is 2. The lowest BCUT2D eigenvalue weighted by Gasteiger charge is -2.38. The van der Waals surface area contributed by atoms with Gasteiger partial charge in [-0.15, -0.1) is 0 Å². The highest BCUT2D eigenvalue weighted by molar-refractivity contribution is 6.33. The molecule has 43 heavy (non-hydrogen) atoms. The number of hydrogen-bond donors (Lipinski definition) is 2. The summed E-state index contributed by atoms with van der Waals surface area (Å²) in [6.45, 7) is 9.08. The summed E-state index contributed by atoms with van der Waals surface area (Å²) in [6.07, 6.45) is 1.47. The molecule has 1 fully saturated rings. The highest BCUT2D eigenvalue weighted by Crippen LogP contribution is 2.39. The predicted molar refractivity (Wildman–Crippen MR) is 163 cm³/mol. The van der Waals surface area contributed by atoms with Gasteiger partial charge in [0.05, 0.1) is 40.3 Å². The summed E-state index contributed by atoms with van der Waals surface area (Å²) in [5, 5.41) is 17.7. The number of aliphatic hydroxyl groups is 1. The normalized spacial score (nSPS) is 15.5. The number of halogens is 1. The third kappa shape index (κ3) is 5.75. The monoisotopic (exact) mass is 606 g/mol. The van der Waals surface area contributed by atoms with Crippen molar-refractivity contribution in [1.29, 1.82) is 0 Å². The molecule has 1 saturated heterocycles. The molecule has 226 valence electrons. The van der Waals surface area contributed by atoms with Crippen molar-refractivity contribution in [2.24, 2.45) is 0 Å². The van der Waals surface area contributed by atoms with Crippen molar-refractivity contribution in [3.63, 3.8) is 0 Å². The maximum Gasteiger partial charge on any atom is 0.225 e. The molecule has 12 nitrogen and oxygen atoms in total. The number of aromatic nitrogens is 5. The maximum absolute atomic E-state index is 10.1. The van der Waals surface area contributed by atoms with Crippen LogP contribution in [0, 0.1) is 20.8 Å². The number of fused-ring (bicyclic) bond motifs is 1. The molecular formula is C30H35ClN8O4. The van der Waals surface area contributed by atoms with E-state index in [0.717, 1.165) is 52.7 Å². The number of aryl methyl sites for hydroxylation is 2. The largest absolute Gasteiger partial charge is 0.491 e. The average Bonchev–Trinajstić information content (AvgIpc) is 3.54. The second kappa shape index (κ2) is 12.0. The van der Waals surface area contributed by atoms with Crippen LogP contribution in [0.2, 0.25) is 5.02 Å². The number of benzene rings is 1. The molecule has 5 heterocycles. The second-order valence-electron chi connectivity index (χ2n) is 11.0. The molecule has 0 spiro atoms. The van der Waals surface area contributed by atoms with Gasteiger partial charge in [-0.1, -0.05) is 16.8 Å². The van der Waals surface area contributed by atoms with Gasteiger partial charge in [0.15, 0.2) is 5.82 Å². The lowest BCUT2D eigenvalue weighted by Crippen LogP contribution is -2.52. The summed E-state index contributed by atoms with van der Waals surface area (Å²) in [6, 6.07) is 5.32. The van der Waals surface area contributed by atoms with Gasteiger partial charge in [-0.05, 0) is 46.0 Å². The van der Waals surface area contributed by atoms with Crippen LogP contribution in [0.4, 0.5) is 11.8 Å². The molecular weight excluding hydrogens is 572 g/mol. The van der Waals surface area contributed by atoms with E-state index in [-0.39, 0.29) is 12.7 Å². The van der Waals surface area contributed by atoms with Crippen molar-refractivity contribution < 1.29 is 19.1 Å². The summed E-state index contributed by atoms with van der Waals surface area (Å²) in [5.74, 6) is 3.14. The van der Waals surface area contributed by atoms with Gasteiger partial charge in [-0.25, -0.2) is 19.9 Å². The van der Waals surface area contributed by atoms with Gasteiger partial charge in [0.2, 0.25) is 5.95 Å². The Kier molecular flexibility index (Phi) is 8.19. The van der Waals surface area contributed by atoms with E-state index in [9.17, 15) is 5.11 Å². The van der Waals surface area contributed by atoms with Crippen molar-refractivity contribution in [2.45, 2.75) is 46.1 Å². The smallest absolute Gasteiger partial charge is 0.225 e. The average molecular weight is 607 g/mol. The Morgan fingerprint density at radius 1 is 1.14 bits per heavy atom. The zero-order chi connectivity index (χ0) is 30.2. The van der Waals surface area contributed by atoms with Crippen LogP contribution in [-0.4, -0.2) is 82.8 Å². The molecule has 1 aromatic carbocycles. The van der Waals surface area contributed by atoms with E-state index in [0.29, 0.717) is 53.5 Å².